The monoisotopic (exact) mass is 449 g/mol. The van der Waals surface area contributed by atoms with E-state index in [1.54, 1.807) is 12.1 Å². The van der Waals surface area contributed by atoms with Gasteiger partial charge in [-0.2, -0.15) is 9.57 Å². The van der Waals surface area contributed by atoms with E-state index in [4.69, 9.17) is 0 Å². The van der Waals surface area contributed by atoms with E-state index in [9.17, 15) is 22.9 Å². The lowest BCUT2D eigenvalue weighted by Crippen LogP contribution is -2.50. The Morgan fingerprint density at radius 1 is 1.32 bits per heavy atom. The van der Waals surface area contributed by atoms with Gasteiger partial charge in [-0.1, -0.05) is 6.07 Å². The Hall–Kier alpha value is -2.22. The van der Waals surface area contributed by atoms with Crippen LogP contribution < -0.4 is 15.5 Å². The molecule has 0 unspecified atom stereocenters. The fraction of sp³-hybridized carbons (Fsp3) is 0.619. The number of fused-ring (bicyclic) bond motifs is 2. The van der Waals surface area contributed by atoms with Crippen LogP contribution in [0, 0.1) is 23.1 Å². The molecular formula is C21H28FN5O3S. The number of hydrogen-bond donors (Lipinski definition) is 2. The van der Waals surface area contributed by atoms with Gasteiger partial charge in [0, 0.05) is 44.3 Å². The van der Waals surface area contributed by atoms with Gasteiger partial charge in [0.1, 0.15) is 11.9 Å². The van der Waals surface area contributed by atoms with Crippen molar-refractivity contribution in [1.29, 1.82) is 5.26 Å². The van der Waals surface area contributed by atoms with Crippen LogP contribution in [0.4, 0.5) is 10.1 Å². The van der Waals surface area contributed by atoms with Crippen molar-refractivity contribution in [2.24, 2.45) is 5.92 Å². The van der Waals surface area contributed by atoms with Crippen molar-refractivity contribution < 1.29 is 17.6 Å². The summed E-state index contributed by atoms with van der Waals surface area (Å²) in [6.45, 7) is 1.70. The standard InChI is InChI=1S/C21H28FN5O3S/c1-31(29,30)27-8-6-26(7-9-27)18-5-3-14(19(22)12-18)10-17(13-23)25-21(28)20-15-2-4-16(11-15)24-20/h3,5,12,15-17,20,24H,2,4,6-11H2,1H3,(H,25,28)/t15-,16+,17-,20-/m0/s1. The molecule has 168 valence electrons. The molecule has 1 saturated carbocycles. The first-order valence-corrected chi connectivity index (χ1v) is 12.5. The lowest BCUT2D eigenvalue weighted by molar-refractivity contribution is -0.124. The summed E-state index contributed by atoms with van der Waals surface area (Å²) in [7, 11) is -3.22. The van der Waals surface area contributed by atoms with Crippen molar-refractivity contribution in [3.8, 4) is 6.07 Å². The van der Waals surface area contributed by atoms with Crippen molar-refractivity contribution in [2.45, 2.75) is 43.8 Å². The first-order valence-electron chi connectivity index (χ1n) is 10.7. The van der Waals surface area contributed by atoms with Gasteiger partial charge < -0.3 is 15.5 Å². The van der Waals surface area contributed by atoms with Crippen LogP contribution in [-0.2, 0) is 21.2 Å². The number of benzene rings is 1. The Kier molecular flexibility index (Phi) is 6.19. The van der Waals surface area contributed by atoms with E-state index >= 15 is 0 Å². The minimum atomic E-state index is -3.22. The number of nitrogens with one attached hydrogen (secondary N) is 2. The van der Waals surface area contributed by atoms with Crippen LogP contribution in [0.15, 0.2) is 18.2 Å². The first kappa shape index (κ1) is 22.0. The Morgan fingerprint density at radius 2 is 2.06 bits per heavy atom. The van der Waals surface area contributed by atoms with Crippen molar-refractivity contribution in [2.75, 3.05) is 37.3 Å². The summed E-state index contributed by atoms with van der Waals surface area (Å²) in [5.41, 5.74) is 1.05. The van der Waals surface area contributed by atoms with Gasteiger partial charge in [-0.05, 0) is 42.9 Å². The predicted octanol–water partition coefficient (Wildman–Crippen LogP) is 0.599. The number of piperazine rings is 1. The largest absolute Gasteiger partial charge is 0.369 e. The van der Waals surface area contributed by atoms with Gasteiger partial charge in [0.05, 0.1) is 18.4 Å². The molecule has 8 nitrogen and oxygen atoms in total. The van der Waals surface area contributed by atoms with Crippen LogP contribution in [-0.4, -0.2) is 69.2 Å². The minimum absolute atomic E-state index is 0.0943. The van der Waals surface area contributed by atoms with Gasteiger partial charge in [-0.15, -0.1) is 0 Å². The molecule has 4 rings (SSSR count). The van der Waals surface area contributed by atoms with Crippen molar-refractivity contribution in [1.82, 2.24) is 14.9 Å². The number of amides is 1. The fourth-order valence-corrected chi connectivity index (χ4v) is 5.76. The van der Waals surface area contributed by atoms with Crippen molar-refractivity contribution in [3.63, 3.8) is 0 Å². The van der Waals surface area contributed by atoms with Gasteiger partial charge in [-0.3, -0.25) is 4.79 Å². The number of rotatable bonds is 6. The third-order valence-electron chi connectivity index (χ3n) is 6.65. The molecule has 1 aliphatic carbocycles. The zero-order valence-corrected chi connectivity index (χ0v) is 18.4. The Balaban J connectivity index is 1.35. The maximum absolute atomic E-state index is 14.8. The highest BCUT2D eigenvalue weighted by Gasteiger charge is 2.43. The maximum atomic E-state index is 14.8. The second-order valence-corrected chi connectivity index (χ2v) is 10.7. The van der Waals surface area contributed by atoms with Crippen molar-refractivity contribution >= 4 is 21.6 Å². The van der Waals surface area contributed by atoms with Crippen LogP contribution in [0.1, 0.15) is 24.8 Å². The maximum Gasteiger partial charge on any atom is 0.238 e. The van der Waals surface area contributed by atoms with E-state index < -0.39 is 21.9 Å². The normalized spacial score (nSPS) is 27.1. The number of sulfonamides is 1. The van der Waals surface area contributed by atoms with Crippen LogP contribution >= 0.6 is 0 Å². The molecule has 3 fully saturated rings. The average molecular weight is 450 g/mol. The fourth-order valence-electron chi connectivity index (χ4n) is 4.94. The van der Waals surface area contributed by atoms with E-state index in [-0.39, 0.29) is 18.4 Å². The van der Waals surface area contributed by atoms with E-state index in [1.165, 1.54) is 16.6 Å². The highest BCUT2D eigenvalue weighted by atomic mass is 32.2. The smallest absolute Gasteiger partial charge is 0.238 e. The number of anilines is 1. The highest BCUT2D eigenvalue weighted by Crippen LogP contribution is 2.35. The Morgan fingerprint density at radius 3 is 2.61 bits per heavy atom. The van der Waals surface area contributed by atoms with Crippen molar-refractivity contribution in [3.05, 3.63) is 29.6 Å². The molecule has 2 bridgehead atoms. The number of nitriles is 1. The molecule has 2 heterocycles. The van der Waals surface area contributed by atoms with Crippen LogP contribution in [0.2, 0.25) is 0 Å². The molecule has 1 aromatic carbocycles. The van der Waals surface area contributed by atoms with Gasteiger partial charge >= 0.3 is 0 Å². The van der Waals surface area contributed by atoms with Crippen LogP contribution in [0.3, 0.4) is 0 Å². The molecular weight excluding hydrogens is 421 g/mol. The number of carbonyl (C=O) groups is 1. The van der Waals surface area contributed by atoms with Gasteiger partial charge in [0.2, 0.25) is 15.9 Å². The Labute approximate surface area is 182 Å². The molecule has 1 aromatic rings. The SMILES string of the molecule is CS(=O)(=O)N1CCN(c2ccc(C[C@@H](C#N)NC(=O)[C@H]3N[C@@H]4CC[C@H]3C4)c(F)c2)CC1. The third kappa shape index (κ3) is 4.84. The molecule has 4 atom stereocenters. The summed E-state index contributed by atoms with van der Waals surface area (Å²) in [6, 6.07) is 6.25. The van der Waals surface area contributed by atoms with Crippen LogP contribution in [0.25, 0.3) is 0 Å². The molecule has 2 N–H and O–H groups in total. The van der Waals surface area contributed by atoms with E-state index in [0.717, 1.165) is 19.3 Å². The number of piperidine rings is 1. The summed E-state index contributed by atoms with van der Waals surface area (Å²) < 4.78 is 39.5. The lowest BCUT2D eigenvalue weighted by atomic mass is 9.98. The van der Waals surface area contributed by atoms with Gasteiger partial charge in [-0.25, -0.2) is 12.8 Å². The molecule has 31 heavy (non-hydrogen) atoms. The van der Waals surface area contributed by atoms with Crippen LogP contribution in [0.5, 0.6) is 0 Å². The number of carbonyl (C=O) groups excluding carboxylic acids is 1. The zero-order valence-electron chi connectivity index (χ0n) is 17.6. The molecule has 2 aliphatic heterocycles. The summed E-state index contributed by atoms with van der Waals surface area (Å²) >= 11 is 0. The zero-order chi connectivity index (χ0) is 22.2. The summed E-state index contributed by atoms with van der Waals surface area (Å²) in [5.74, 6) is -0.293. The lowest BCUT2D eigenvalue weighted by Gasteiger charge is -2.34. The molecule has 1 amide bonds. The second kappa shape index (κ2) is 8.73. The van der Waals surface area contributed by atoms with Gasteiger partial charge in [0.25, 0.3) is 0 Å². The van der Waals surface area contributed by atoms with E-state index in [1.807, 2.05) is 4.90 Å². The van der Waals surface area contributed by atoms with E-state index in [2.05, 4.69) is 16.7 Å². The number of halogens is 1. The molecule has 10 heteroatoms. The topological polar surface area (TPSA) is 106 Å². The van der Waals surface area contributed by atoms with E-state index in [0.29, 0.717) is 49.4 Å². The minimum Gasteiger partial charge on any atom is -0.369 e. The molecule has 0 radical (unpaired) electrons. The number of nitrogens with zero attached hydrogens (tertiary/aromatic N) is 3. The highest BCUT2D eigenvalue weighted by molar-refractivity contribution is 7.88. The molecule has 0 spiro atoms. The molecule has 2 saturated heterocycles. The summed E-state index contributed by atoms with van der Waals surface area (Å²) in [4.78, 5) is 14.5. The average Bonchev–Trinajstić information content (AvgIpc) is 3.37. The summed E-state index contributed by atoms with van der Waals surface area (Å²) in [5, 5.41) is 15.6. The quantitative estimate of drug-likeness (QED) is 0.659. The second-order valence-electron chi connectivity index (χ2n) is 8.73. The molecule has 3 aliphatic rings. The number of hydrogen-bond acceptors (Lipinski definition) is 6. The third-order valence-corrected chi connectivity index (χ3v) is 7.95. The Bertz CT molecular complexity index is 987. The molecule has 0 aromatic heterocycles. The summed E-state index contributed by atoms with van der Waals surface area (Å²) in [6.07, 6.45) is 4.41. The van der Waals surface area contributed by atoms with Gasteiger partial charge in [0.15, 0.2) is 0 Å². The first-order chi connectivity index (χ1) is 14.7. The predicted molar refractivity (Wildman–Crippen MR) is 114 cm³/mol.